The van der Waals surface area contributed by atoms with E-state index in [1.165, 1.54) is 0 Å². The lowest BCUT2D eigenvalue weighted by atomic mass is 10.1. The fourth-order valence-electron chi connectivity index (χ4n) is 2.53. The molecule has 2 atom stereocenters. The highest BCUT2D eigenvalue weighted by Gasteiger charge is 2.43. The summed E-state index contributed by atoms with van der Waals surface area (Å²) >= 11 is 5.12. The van der Waals surface area contributed by atoms with Crippen LogP contribution in [0.3, 0.4) is 0 Å². The van der Waals surface area contributed by atoms with Crippen molar-refractivity contribution >= 4 is 18.1 Å². The van der Waals surface area contributed by atoms with Crippen LogP contribution in [0, 0.1) is 17.6 Å². The molecule has 0 spiro atoms. The number of hydrogen-bond acceptors (Lipinski definition) is 4. The van der Waals surface area contributed by atoms with E-state index in [1.54, 1.807) is 6.20 Å². The Morgan fingerprint density at radius 1 is 1.62 bits per heavy atom. The van der Waals surface area contributed by atoms with E-state index in [4.69, 9.17) is 12.2 Å². The molecule has 7 heteroatoms. The number of H-pyrrole nitrogens is 1. The molecule has 0 aromatic carbocycles. The zero-order valence-corrected chi connectivity index (χ0v) is 12.6. The maximum atomic E-state index is 12.1. The number of nitrogens with zero attached hydrogens (tertiary/aromatic N) is 3. The summed E-state index contributed by atoms with van der Waals surface area (Å²) in [7, 11) is 0. The summed E-state index contributed by atoms with van der Waals surface area (Å²) in [5.74, 6) is 1.33. The molecule has 2 aromatic rings. The number of amides is 1. The molecule has 2 N–H and O–H groups in total. The molecule has 0 radical (unpaired) electrons. The molecular formula is C14H17N5OS. The van der Waals surface area contributed by atoms with Crippen LogP contribution in [0.2, 0.25) is 0 Å². The molecule has 1 fully saturated rings. The van der Waals surface area contributed by atoms with Crippen molar-refractivity contribution in [2.24, 2.45) is 5.92 Å². The van der Waals surface area contributed by atoms with Gasteiger partial charge in [0, 0.05) is 31.4 Å². The molecule has 0 saturated heterocycles. The Morgan fingerprint density at radius 3 is 3.14 bits per heavy atom. The van der Waals surface area contributed by atoms with Crippen LogP contribution in [0.1, 0.15) is 23.7 Å². The molecule has 1 saturated carbocycles. The number of aromatic nitrogens is 4. The Bertz CT molecular complexity index is 693. The summed E-state index contributed by atoms with van der Waals surface area (Å²) in [6.45, 7) is 3.08. The predicted octanol–water partition coefficient (Wildman–Crippen LogP) is 1.56. The largest absolute Gasteiger partial charge is 0.354 e. The van der Waals surface area contributed by atoms with Crippen LogP contribution in [-0.2, 0) is 11.3 Å². The predicted molar refractivity (Wildman–Crippen MR) is 80.2 cm³/mol. The van der Waals surface area contributed by atoms with Gasteiger partial charge in [0.2, 0.25) is 5.91 Å². The average Bonchev–Trinajstić information content (AvgIpc) is 3.24. The van der Waals surface area contributed by atoms with E-state index in [2.05, 4.69) is 20.5 Å². The van der Waals surface area contributed by atoms with E-state index < -0.39 is 0 Å². The average molecular weight is 303 g/mol. The molecule has 1 amide bonds. The quantitative estimate of drug-likeness (QED) is 0.822. The number of nitrogens with one attached hydrogen (secondary N) is 2. The second-order valence-electron chi connectivity index (χ2n) is 5.25. The van der Waals surface area contributed by atoms with Crippen molar-refractivity contribution in [1.82, 2.24) is 25.1 Å². The van der Waals surface area contributed by atoms with Crippen molar-refractivity contribution in [2.45, 2.75) is 25.8 Å². The van der Waals surface area contributed by atoms with E-state index in [-0.39, 0.29) is 11.8 Å². The van der Waals surface area contributed by atoms with Gasteiger partial charge >= 0.3 is 0 Å². The van der Waals surface area contributed by atoms with Gasteiger partial charge in [-0.2, -0.15) is 5.10 Å². The molecule has 110 valence electrons. The maximum Gasteiger partial charge on any atom is 0.223 e. The minimum absolute atomic E-state index is 0.0765. The van der Waals surface area contributed by atoms with Gasteiger partial charge in [-0.15, -0.1) is 0 Å². The lowest BCUT2D eigenvalue weighted by molar-refractivity contribution is -0.122. The summed E-state index contributed by atoms with van der Waals surface area (Å²) in [4.78, 5) is 16.2. The van der Waals surface area contributed by atoms with Gasteiger partial charge in [0.05, 0.1) is 0 Å². The van der Waals surface area contributed by atoms with Crippen LogP contribution >= 0.6 is 12.2 Å². The molecule has 2 heterocycles. The SMILES string of the molecule is Cc1n[nH]c(=S)n1CCNC(=O)[C@@H]1C[C@H]1c1cccnc1. The van der Waals surface area contributed by atoms with E-state index in [9.17, 15) is 4.79 Å². The van der Waals surface area contributed by atoms with Crippen molar-refractivity contribution in [2.75, 3.05) is 6.54 Å². The molecule has 2 aromatic heterocycles. The van der Waals surface area contributed by atoms with E-state index in [0.717, 1.165) is 17.8 Å². The Balaban J connectivity index is 1.49. The lowest BCUT2D eigenvalue weighted by Crippen LogP contribution is -2.29. The van der Waals surface area contributed by atoms with Gasteiger partial charge in [-0.05, 0) is 43.1 Å². The van der Waals surface area contributed by atoms with Crippen molar-refractivity contribution in [3.63, 3.8) is 0 Å². The van der Waals surface area contributed by atoms with Crippen LogP contribution in [0.4, 0.5) is 0 Å². The monoisotopic (exact) mass is 303 g/mol. The first-order valence-corrected chi connectivity index (χ1v) is 7.37. The van der Waals surface area contributed by atoms with E-state index >= 15 is 0 Å². The highest BCUT2D eigenvalue weighted by atomic mass is 32.1. The molecule has 0 unspecified atom stereocenters. The first-order valence-electron chi connectivity index (χ1n) is 6.96. The van der Waals surface area contributed by atoms with Crippen molar-refractivity contribution in [3.8, 4) is 0 Å². The Morgan fingerprint density at radius 2 is 2.48 bits per heavy atom. The molecule has 1 aliphatic rings. The number of pyridine rings is 1. The van der Waals surface area contributed by atoms with Gasteiger partial charge in [0.1, 0.15) is 5.82 Å². The number of aryl methyl sites for hydroxylation is 1. The number of rotatable bonds is 5. The number of carbonyl (C=O) groups excluding carboxylic acids is 1. The van der Waals surface area contributed by atoms with Gasteiger partial charge in [-0.3, -0.25) is 14.9 Å². The highest BCUT2D eigenvalue weighted by Crippen LogP contribution is 2.47. The third-order valence-electron chi connectivity index (χ3n) is 3.82. The van der Waals surface area contributed by atoms with Gasteiger partial charge in [-0.25, -0.2) is 0 Å². The summed E-state index contributed by atoms with van der Waals surface area (Å²) in [5, 5.41) is 9.74. The van der Waals surface area contributed by atoms with Crippen molar-refractivity contribution in [1.29, 1.82) is 0 Å². The second-order valence-corrected chi connectivity index (χ2v) is 5.64. The standard InChI is InChI=1S/C14H17N5OS/c1-9-17-18-14(21)19(9)6-5-16-13(20)12-7-11(12)10-3-2-4-15-8-10/h2-4,8,11-12H,5-7H2,1H3,(H,16,20)(H,18,21)/t11-,12+/m0/s1. The van der Waals surface area contributed by atoms with Crippen LogP contribution in [0.15, 0.2) is 24.5 Å². The smallest absolute Gasteiger partial charge is 0.223 e. The Kier molecular flexibility index (Phi) is 3.83. The van der Waals surface area contributed by atoms with Crippen molar-refractivity contribution in [3.05, 3.63) is 40.7 Å². The molecule has 1 aliphatic carbocycles. The molecule has 6 nitrogen and oxygen atoms in total. The second kappa shape index (κ2) is 5.77. The third kappa shape index (κ3) is 3.02. The summed E-state index contributed by atoms with van der Waals surface area (Å²) in [6.07, 6.45) is 4.49. The lowest BCUT2D eigenvalue weighted by Gasteiger charge is -2.06. The minimum atomic E-state index is 0.0765. The van der Waals surface area contributed by atoms with Crippen LogP contribution in [-0.4, -0.2) is 32.2 Å². The summed E-state index contributed by atoms with van der Waals surface area (Å²) in [6, 6.07) is 3.94. The number of aromatic amines is 1. The van der Waals surface area contributed by atoms with E-state index in [1.807, 2.05) is 29.8 Å². The normalized spacial score (nSPS) is 20.2. The first-order chi connectivity index (χ1) is 10.2. The molecule has 3 rings (SSSR count). The summed E-state index contributed by atoms with van der Waals surface area (Å²) < 4.78 is 2.46. The van der Waals surface area contributed by atoms with Crippen molar-refractivity contribution < 1.29 is 4.79 Å². The van der Waals surface area contributed by atoms with Gasteiger partial charge in [0.15, 0.2) is 4.77 Å². The van der Waals surface area contributed by atoms with E-state index in [0.29, 0.717) is 23.8 Å². The number of hydrogen-bond donors (Lipinski definition) is 2. The molecule has 0 bridgehead atoms. The maximum absolute atomic E-state index is 12.1. The van der Waals surface area contributed by atoms with Crippen LogP contribution in [0.5, 0.6) is 0 Å². The first kappa shape index (κ1) is 13.9. The molecule has 21 heavy (non-hydrogen) atoms. The Hall–Kier alpha value is -2.02. The van der Waals surface area contributed by atoms with Gasteiger partial charge < -0.3 is 9.88 Å². The highest BCUT2D eigenvalue weighted by molar-refractivity contribution is 7.71. The van der Waals surface area contributed by atoms with Gasteiger partial charge in [-0.1, -0.05) is 6.07 Å². The van der Waals surface area contributed by atoms with Crippen LogP contribution in [0.25, 0.3) is 0 Å². The summed E-state index contributed by atoms with van der Waals surface area (Å²) in [5.41, 5.74) is 1.14. The van der Waals surface area contributed by atoms with Gasteiger partial charge in [0.25, 0.3) is 0 Å². The van der Waals surface area contributed by atoms with Crippen LogP contribution < -0.4 is 5.32 Å². The topological polar surface area (TPSA) is 75.6 Å². The minimum Gasteiger partial charge on any atom is -0.354 e. The molecule has 0 aliphatic heterocycles. The zero-order valence-electron chi connectivity index (χ0n) is 11.7. The third-order valence-corrected chi connectivity index (χ3v) is 4.14. The fraction of sp³-hybridized carbons (Fsp3) is 0.429. The fourth-order valence-corrected chi connectivity index (χ4v) is 2.80. The molecular weight excluding hydrogens is 286 g/mol. The zero-order chi connectivity index (χ0) is 14.8. The Labute approximate surface area is 127 Å². The number of carbonyl (C=O) groups is 1.